The highest BCUT2D eigenvalue weighted by Gasteiger charge is 2.18. The maximum Gasteiger partial charge on any atom is 0.209 e. The first-order valence-electron chi connectivity index (χ1n) is 6.13. The summed E-state index contributed by atoms with van der Waals surface area (Å²) in [5, 5.41) is 0. The highest BCUT2D eigenvalue weighted by Crippen LogP contribution is 2.17. The number of nitrogens with zero attached hydrogens (tertiary/aromatic N) is 2. The molecule has 0 saturated carbocycles. The summed E-state index contributed by atoms with van der Waals surface area (Å²) in [6.45, 7) is 2.80. The zero-order valence-corrected chi connectivity index (χ0v) is 9.80. The maximum atomic E-state index is 5.96. The molecule has 17 heavy (non-hydrogen) atoms. The summed E-state index contributed by atoms with van der Waals surface area (Å²) in [4.78, 5) is 6.80. The molecule has 0 bridgehead atoms. The van der Waals surface area contributed by atoms with Crippen LogP contribution in [0.3, 0.4) is 0 Å². The Balaban J connectivity index is 1.75. The molecule has 4 heteroatoms. The van der Waals surface area contributed by atoms with Gasteiger partial charge in [-0.05, 0) is 31.5 Å². The van der Waals surface area contributed by atoms with Gasteiger partial charge in [0.05, 0.1) is 6.54 Å². The number of aromatic nitrogens is 1. The van der Waals surface area contributed by atoms with Crippen LogP contribution in [0.15, 0.2) is 28.7 Å². The molecule has 1 aliphatic rings. The second-order valence-corrected chi connectivity index (χ2v) is 4.71. The van der Waals surface area contributed by atoms with E-state index in [1.807, 2.05) is 24.3 Å². The van der Waals surface area contributed by atoms with E-state index in [1.165, 1.54) is 6.42 Å². The fourth-order valence-corrected chi connectivity index (χ4v) is 2.41. The van der Waals surface area contributed by atoms with Gasteiger partial charge >= 0.3 is 0 Å². The van der Waals surface area contributed by atoms with E-state index < -0.39 is 0 Å². The molecule has 0 radical (unpaired) electrons. The van der Waals surface area contributed by atoms with Gasteiger partial charge in [-0.3, -0.25) is 4.90 Å². The van der Waals surface area contributed by atoms with Crippen molar-refractivity contribution in [3.8, 4) is 0 Å². The second kappa shape index (κ2) is 4.47. The molecule has 1 unspecified atom stereocenters. The van der Waals surface area contributed by atoms with Crippen LogP contribution in [-0.2, 0) is 6.54 Å². The molecule has 0 spiro atoms. The zero-order valence-electron chi connectivity index (χ0n) is 9.80. The van der Waals surface area contributed by atoms with Crippen molar-refractivity contribution in [3.63, 3.8) is 0 Å². The highest BCUT2D eigenvalue weighted by molar-refractivity contribution is 5.72. The number of nitrogens with two attached hydrogens (primary N) is 1. The number of hydrogen-bond acceptors (Lipinski definition) is 4. The van der Waals surface area contributed by atoms with Crippen LogP contribution in [0.1, 0.15) is 18.7 Å². The molecule has 1 saturated heterocycles. The van der Waals surface area contributed by atoms with E-state index >= 15 is 0 Å². The number of likely N-dealkylation sites (tertiary alicyclic amines) is 1. The molecular formula is C13H17N3O. The number of benzene rings is 1. The van der Waals surface area contributed by atoms with Gasteiger partial charge in [0.15, 0.2) is 5.58 Å². The fourth-order valence-electron chi connectivity index (χ4n) is 2.41. The number of fused-ring (bicyclic) bond motifs is 1. The number of piperidine rings is 1. The van der Waals surface area contributed by atoms with Crippen molar-refractivity contribution >= 4 is 11.1 Å². The molecule has 2 heterocycles. The summed E-state index contributed by atoms with van der Waals surface area (Å²) in [6.07, 6.45) is 2.30. The number of rotatable bonds is 2. The van der Waals surface area contributed by atoms with Gasteiger partial charge in [0.25, 0.3) is 0 Å². The van der Waals surface area contributed by atoms with E-state index in [1.54, 1.807) is 0 Å². The number of oxazole rings is 1. The van der Waals surface area contributed by atoms with Crippen molar-refractivity contribution in [3.05, 3.63) is 30.2 Å². The summed E-state index contributed by atoms with van der Waals surface area (Å²) in [5.41, 5.74) is 7.76. The van der Waals surface area contributed by atoms with Gasteiger partial charge in [-0.15, -0.1) is 0 Å². The van der Waals surface area contributed by atoms with Crippen LogP contribution in [0, 0.1) is 0 Å². The average molecular weight is 231 g/mol. The Morgan fingerprint density at radius 3 is 3.12 bits per heavy atom. The Labute approximate surface area is 100 Å². The normalized spacial score (nSPS) is 22.1. The third-order valence-corrected chi connectivity index (χ3v) is 3.24. The minimum Gasteiger partial charge on any atom is -0.439 e. The lowest BCUT2D eigenvalue weighted by atomic mass is 10.1. The van der Waals surface area contributed by atoms with Crippen molar-refractivity contribution in [1.29, 1.82) is 0 Å². The van der Waals surface area contributed by atoms with E-state index in [-0.39, 0.29) is 0 Å². The Morgan fingerprint density at radius 2 is 2.29 bits per heavy atom. The largest absolute Gasteiger partial charge is 0.439 e. The van der Waals surface area contributed by atoms with Crippen LogP contribution in [0.2, 0.25) is 0 Å². The van der Waals surface area contributed by atoms with Crippen molar-refractivity contribution in [2.24, 2.45) is 5.73 Å². The van der Waals surface area contributed by atoms with Crippen molar-refractivity contribution in [2.75, 3.05) is 13.1 Å². The SMILES string of the molecule is NC1CCCN(Cc2nc3ccccc3o2)C1. The third-order valence-electron chi connectivity index (χ3n) is 3.24. The minimum atomic E-state index is 0.299. The smallest absolute Gasteiger partial charge is 0.209 e. The summed E-state index contributed by atoms with van der Waals surface area (Å²) in [6, 6.07) is 8.17. The zero-order chi connectivity index (χ0) is 11.7. The predicted molar refractivity (Wildman–Crippen MR) is 66.5 cm³/mol. The number of hydrogen-bond donors (Lipinski definition) is 1. The van der Waals surface area contributed by atoms with Gasteiger partial charge < -0.3 is 10.2 Å². The standard InChI is InChI=1S/C13H17N3O/c14-10-4-3-7-16(8-10)9-13-15-11-5-1-2-6-12(11)17-13/h1-2,5-6,10H,3-4,7-9,14H2. The summed E-state index contributed by atoms with van der Waals surface area (Å²) in [5.74, 6) is 0.792. The Bertz CT molecular complexity index is 475. The van der Waals surface area contributed by atoms with Crippen LogP contribution in [0.25, 0.3) is 11.1 Å². The maximum absolute atomic E-state index is 5.96. The van der Waals surface area contributed by atoms with E-state index in [4.69, 9.17) is 10.2 Å². The Kier molecular flexibility index (Phi) is 2.82. The lowest BCUT2D eigenvalue weighted by molar-refractivity contribution is 0.186. The molecule has 0 aliphatic carbocycles. The first-order chi connectivity index (χ1) is 8.31. The summed E-state index contributed by atoms with van der Waals surface area (Å²) in [7, 11) is 0. The molecule has 1 aromatic carbocycles. The quantitative estimate of drug-likeness (QED) is 0.855. The van der Waals surface area contributed by atoms with Gasteiger partial charge in [0.2, 0.25) is 5.89 Å². The third kappa shape index (κ3) is 2.33. The van der Waals surface area contributed by atoms with Crippen LogP contribution in [0.5, 0.6) is 0 Å². The van der Waals surface area contributed by atoms with E-state index in [2.05, 4.69) is 9.88 Å². The van der Waals surface area contributed by atoms with Crippen LogP contribution in [0.4, 0.5) is 0 Å². The van der Waals surface area contributed by atoms with Gasteiger partial charge in [-0.1, -0.05) is 12.1 Å². The highest BCUT2D eigenvalue weighted by atomic mass is 16.3. The van der Waals surface area contributed by atoms with Gasteiger partial charge in [0, 0.05) is 12.6 Å². The minimum absolute atomic E-state index is 0.299. The number of para-hydroxylation sites is 2. The molecule has 1 aliphatic heterocycles. The molecule has 3 rings (SSSR count). The van der Waals surface area contributed by atoms with Crippen LogP contribution >= 0.6 is 0 Å². The second-order valence-electron chi connectivity index (χ2n) is 4.71. The van der Waals surface area contributed by atoms with Crippen molar-refractivity contribution in [2.45, 2.75) is 25.4 Å². The monoisotopic (exact) mass is 231 g/mol. The van der Waals surface area contributed by atoms with Gasteiger partial charge in [0.1, 0.15) is 5.52 Å². The lowest BCUT2D eigenvalue weighted by Gasteiger charge is -2.29. The van der Waals surface area contributed by atoms with Crippen molar-refractivity contribution < 1.29 is 4.42 Å². The molecule has 1 aromatic heterocycles. The first kappa shape index (κ1) is 10.7. The van der Waals surface area contributed by atoms with Gasteiger partial charge in [-0.2, -0.15) is 0 Å². The van der Waals surface area contributed by atoms with Gasteiger partial charge in [-0.25, -0.2) is 4.98 Å². The van der Waals surface area contributed by atoms with E-state index in [0.717, 1.165) is 43.0 Å². The molecule has 2 aromatic rings. The van der Waals surface area contributed by atoms with Crippen molar-refractivity contribution in [1.82, 2.24) is 9.88 Å². The summed E-state index contributed by atoms with van der Waals surface area (Å²) >= 11 is 0. The average Bonchev–Trinajstić information content (AvgIpc) is 2.71. The molecule has 1 fully saturated rings. The summed E-state index contributed by atoms with van der Waals surface area (Å²) < 4.78 is 5.71. The van der Waals surface area contributed by atoms with Crippen LogP contribution in [-0.4, -0.2) is 29.0 Å². The van der Waals surface area contributed by atoms with Crippen LogP contribution < -0.4 is 5.73 Å². The molecular weight excluding hydrogens is 214 g/mol. The molecule has 0 amide bonds. The molecule has 1 atom stereocenters. The Morgan fingerprint density at radius 1 is 1.41 bits per heavy atom. The molecule has 90 valence electrons. The van der Waals surface area contributed by atoms with E-state index in [0.29, 0.717) is 6.04 Å². The lowest BCUT2D eigenvalue weighted by Crippen LogP contribution is -2.42. The Hall–Kier alpha value is -1.39. The topological polar surface area (TPSA) is 55.3 Å². The molecule has 2 N–H and O–H groups in total. The first-order valence-corrected chi connectivity index (χ1v) is 6.13. The fraction of sp³-hybridized carbons (Fsp3) is 0.462. The van der Waals surface area contributed by atoms with E-state index in [9.17, 15) is 0 Å². The molecule has 4 nitrogen and oxygen atoms in total. The predicted octanol–water partition coefficient (Wildman–Crippen LogP) is 1.75.